The van der Waals surface area contributed by atoms with Crippen LogP contribution in [0.4, 0.5) is 0 Å². The molecule has 0 aromatic rings. The lowest BCUT2D eigenvalue weighted by Gasteiger charge is -2.18. The van der Waals surface area contributed by atoms with Crippen molar-refractivity contribution in [2.24, 2.45) is 0 Å². The molecule has 0 aromatic heterocycles. The molecular weight excluding hydrogens is 741 g/mol. The fourth-order valence-corrected chi connectivity index (χ4v) is 6.94. The number of rotatable bonds is 46. The topological polar surface area (TPSA) is 61.8 Å². The molecule has 0 saturated carbocycles. The molecule has 60 heavy (non-hydrogen) atoms. The minimum absolute atomic E-state index is 0.0653. The Kier molecular flexibility index (Phi) is 48.4. The maximum atomic E-state index is 12.7. The largest absolute Gasteiger partial charge is 0.462 e. The first-order chi connectivity index (χ1) is 29.6. The molecule has 0 aliphatic heterocycles. The molecular formula is C55H96O5. The molecule has 0 N–H and O–H groups in total. The first-order valence-electron chi connectivity index (χ1n) is 25.5. The highest BCUT2D eigenvalue weighted by molar-refractivity contribution is 5.70. The summed E-state index contributed by atoms with van der Waals surface area (Å²) in [4.78, 5) is 25.3. The van der Waals surface area contributed by atoms with Crippen LogP contribution < -0.4 is 0 Å². The molecule has 0 aromatic carbocycles. The standard InChI is InChI=1S/C55H96O5/c1-4-7-10-13-16-19-21-23-25-27-29-31-33-35-38-41-44-47-50-58-51-53(60-55(57)49-46-43-40-36-18-15-12-9-6-3)52-59-54(56)48-45-42-39-37-34-32-30-28-26-24-22-20-17-14-11-8-5-2/h7,10,16,19,23-26,29,31,35,38,53H,4-6,8-9,11-15,17-18,20-22,27-28,30,32-34,36-37,39-52H2,1-3H3/b10-7-,19-16-,25-23-,26-24-,31-29-,38-35-. The van der Waals surface area contributed by atoms with Gasteiger partial charge in [-0.1, -0.05) is 209 Å². The zero-order chi connectivity index (χ0) is 43.5. The number of carbonyl (C=O) groups is 2. The molecule has 346 valence electrons. The predicted octanol–water partition coefficient (Wildman–Crippen LogP) is 17.1. The molecule has 1 unspecified atom stereocenters. The minimum atomic E-state index is -0.559. The summed E-state index contributed by atoms with van der Waals surface area (Å²) in [6.45, 7) is 7.60. The van der Waals surface area contributed by atoms with Gasteiger partial charge in [-0.15, -0.1) is 0 Å². The van der Waals surface area contributed by atoms with Gasteiger partial charge < -0.3 is 14.2 Å². The second kappa shape index (κ2) is 50.7. The average Bonchev–Trinajstić information content (AvgIpc) is 3.25. The van der Waals surface area contributed by atoms with E-state index in [1.54, 1.807) is 0 Å². The SMILES string of the molecule is CC/C=C\C/C=C\C/C=C\C/C=C\C/C=C\CCCCOCC(COC(=O)CCCCCCCCC/C=C\CCCCCCCC)OC(=O)CCCCCCCCCCC. The molecule has 0 radical (unpaired) electrons. The van der Waals surface area contributed by atoms with Crippen LogP contribution in [0.3, 0.4) is 0 Å². The third kappa shape index (κ3) is 48.0. The van der Waals surface area contributed by atoms with Crippen molar-refractivity contribution in [2.75, 3.05) is 19.8 Å². The van der Waals surface area contributed by atoms with E-state index in [4.69, 9.17) is 14.2 Å². The summed E-state index contributed by atoms with van der Waals surface area (Å²) in [6, 6.07) is 0. The quantitative estimate of drug-likeness (QED) is 0.0347. The van der Waals surface area contributed by atoms with Gasteiger partial charge in [-0.05, 0) is 89.9 Å². The van der Waals surface area contributed by atoms with Gasteiger partial charge in [-0.25, -0.2) is 0 Å². The van der Waals surface area contributed by atoms with E-state index in [1.165, 1.54) is 122 Å². The third-order valence-corrected chi connectivity index (χ3v) is 10.7. The Morgan fingerprint density at radius 2 is 0.750 bits per heavy atom. The van der Waals surface area contributed by atoms with Crippen LogP contribution in [-0.2, 0) is 23.8 Å². The maximum Gasteiger partial charge on any atom is 0.306 e. The summed E-state index contributed by atoms with van der Waals surface area (Å²) < 4.78 is 17.3. The summed E-state index contributed by atoms with van der Waals surface area (Å²) in [5.41, 5.74) is 0. The van der Waals surface area contributed by atoms with Gasteiger partial charge in [0.2, 0.25) is 0 Å². The number of unbranched alkanes of at least 4 members (excludes halogenated alkanes) is 23. The fraction of sp³-hybridized carbons (Fsp3) is 0.745. The highest BCUT2D eigenvalue weighted by Crippen LogP contribution is 2.14. The predicted molar refractivity (Wildman–Crippen MR) is 260 cm³/mol. The van der Waals surface area contributed by atoms with Crippen LogP contribution in [0.1, 0.15) is 239 Å². The Labute approximate surface area is 372 Å². The summed E-state index contributed by atoms with van der Waals surface area (Å²) in [7, 11) is 0. The van der Waals surface area contributed by atoms with E-state index in [0.717, 1.165) is 83.5 Å². The van der Waals surface area contributed by atoms with Crippen molar-refractivity contribution in [2.45, 2.75) is 245 Å². The molecule has 0 saturated heterocycles. The first-order valence-corrected chi connectivity index (χ1v) is 25.5. The number of esters is 2. The Morgan fingerprint density at radius 3 is 1.22 bits per heavy atom. The summed E-state index contributed by atoms with van der Waals surface area (Å²) in [6.07, 6.45) is 64.9. The zero-order valence-corrected chi connectivity index (χ0v) is 39.7. The van der Waals surface area contributed by atoms with Crippen LogP contribution in [0.2, 0.25) is 0 Å². The van der Waals surface area contributed by atoms with Gasteiger partial charge in [0, 0.05) is 19.4 Å². The monoisotopic (exact) mass is 837 g/mol. The normalized spacial score (nSPS) is 12.8. The summed E-state index contributed by atoms with van der Waals surface area (Å²) in [5.74, 6) is -0.426. The van der Waals surface area contributed by atoms with Crippen LogP contribution in [0.25, 0.3) is 0 Å². The third-order valence-electron chi connectivity index (χ3n) is 10.7. The second-order valence-corrected chi connectivity index (χ2v) is 16.7. The Morgan fingerprint density at radius 1 is 0.383 bits per heavy atom. The van der Waals surface area contributed by atoms with E-state index < -0.39 is 6.10 Å². The van der Waals surface area contributed by atoms with Crippen LogP contribution in [-0.4, -0.2) is 37.9 Å². The first kappa shape index (κ1) is 57.3. The van der Waals surface area contributed by atoms with E-state index in [1.807, 2.05) is 0 Å². The Bertz CT molecular complexity index is 1080. The van der Waals surface area contributed by atoms with Crippen LogP contribution in [0.5, 0.6) is 0 Å². The number of hydrogen-bond acceptors (Lipinski definition) is 5. The van der Waals surface area contributed by atoms with E-state index in [9.17, 15) is 9.59 Å². The van der Waals surface area contributed by atoms with Crippen LogP contribution >= 0.6 is 0 Å². The lowest BCUT2D eigenvalue weighted by Crippen LogP contribution is -2.30. The summed E-state index contributed by atoms with van der Waals surface area (Å²) in [5, 5.41) is 0. The van der Waals surface area contributed by atoms with Crippen molar-refractivity contribution < 1.29 is 23.8 Å². The van der Waals surface area contributed by atoms with Gasteiger partial charge in [-0.3, -0.25) is 9.59 Å². The van der Waals surface area contributed by atoms with E-state index >= 15 is 0 Å². The second-order valence-electron chi connectivity index (χ2n) is 16.7. The molecule has 5 heteroatoms. The zero-order valence-electron chi connectivity index (χ0n) is 39.7. The molecule has 0 rings (SSSR count). The van der Waals surface area contributed by atoms with Crippen molar-refractivity contribution in [3.8, 4) is 0 Å². The number of allylic oxidation sites excluding steroid dienone is 12. The molecule has 0 bridgehead atoms. The van der Waals surface area contributed by atoms with Crippen molar-refractivity contribution >= 4 is 11.9 Å². The smallest absolute Gasteiger partial charge is 0.306 e. The Hall–Kier alpha value is -2.66. The number of hydrogen-bond donors (Lipinski definition) is 0. The van der Waals surface area contributed by atoms with Crippen molar-refractivity contribution in [3.63, 3.8) is 0 Å². The van der Waals surface area contributed by atoms with Crippen molar-refractivity contribution in [1.82, 2.24) is 0 Å². The fourth-order valence-electron chi connectivity index (χ4n) is 6.94. The minimum Gasteiger partial charge on any atom is -0.462 e. The molecule has 0 spiro atoms. The van der Waals surface area contributed by atoms with Gasteiger partial charge in [0.15, 0.2) is 6.10 Å². The van der Waals surface area contributed by atoms with Crippen LogP contribution in [0.15, 0.2) is 72.9 Å². The Balaban J connectivity index is 4.27. The maximum absolute atomic E-state index is 12.7. The van der Waals surface area contributed by atoms with Crippen LogP contribution in [0, 0.1) is 0 Å². The van der Waals surface area contributed by atoms with Gasteiger partial charge in [0.25, 0.3) is 0 Å². The van der Waals surface area contributed by atoms with E-state index in [2.05, 4.69) is 93.7 Å². The lowest BCUT2D eigenvalue weighted by atomic mass is 10.1. The van der Waals surface area contributed by atoms with E-state index in [0.29, 0.717) is 19.4 Å². The highest BCUT2D eigenvalue weighted by Gasteiger charge is 2.17. The molecule has 0 aliphatic rings. The van der Waals surface area contributed by atoms with E-state index in [-0.39, 0.29) is 25.2 Å². The molecule has 0 fully saturated rings. The molecule has 0 aliphatic carbocycles. The van der Waals surface area contributed by atoms with Gasteiger partial charge >= 0.3 is 11.9 Å². The van der Waals surface area contributed by atoms with Crippen molar-refractivity contribution in [3.05, 3.63) is 72.9 Å². The molecule has 0 amide bonds. The van der Waals surface area contributed by atoms with Crippen molar-refractivity contribution in [1.29, 1.82) is 0 Å². The molecule has 0 heterocycles. The molecule has 5 nitrogen and oxygen atoms in total. The van der Waals surface area contributed by atoms with Gasteiger partial charge in [0.05, 0.1) is 6.61 Å². The van der Waals surface area contributed by atoms with Gasteiger partial charge in [0.1, 0.15) is 6.61 Å². The lowest BCUT2D eigenvalue weighted by molar-refractivity contribution is -0.163. The van der Waals surface area contributed by atoms with Gasteiger partial charge in [-0.2, -0.15) is 0 Å². The number of carbonyl (C=O) groups excluding carboxylic acids is 2. The average molecular weight is 837 g/mol. The summed E-state index contributed by atoms with van der Waals surface area (Å²) >= 11 is 0. The highest BCUT2D eigenvalue weighted by atomic mass is 16.6. The number of ether oxygens (including phenoxy) is 3. The molecule has 1 atom stereocenters.